The Kier molecular flexibility index (Phi) is 5.24. The molecule has 0 aliphatic heterocycles. The van der Waals surface area contributed by atoms with Gasteiger partial charge in [0.15, 0.2) is 0 Å². The van der Waals surface area contributed by atoms with Crippen LogP contribution in [-0.2, 0) is 6.54 Å². The second-order valence-electron chi connectivity index (χ2n) is 5.94. The Morgan fingerprint density at radius 2 is 2.17 bits per heavy atom. The first-order valence-corrected chi connectivity index (χ1v) is 7.50. The van der Waals surface area contributed by atoms with Crippen LogP contribution >= 0.6 is 0 Å². The van der Waals surface area contributed by atoms with Crippen molar-refractivity contribution in [2.24, 2.45) is 5.92 Å². The largest absolute Gasteiger partial charge is 0.311 e. The van der Waals surface area contributed by atoms with Crippen LogP contribution in [-0.4, -0.2) is 16.3 Å². The summed E-state index contributed by atoms with van der Waals surface area (Å²) in [6, 6.07) is 2.83. The van der Waals surface area contributed by atoms with Gasteiger partial charge in [-0.2, -0.15) is 5.10 Å². The summed E-state index contributed by atoms with van der Waals surface area (Å²) >= 11 is 0. The van der Waals surface area contributed by atoms with Gasteiger partial charge in [0, 0.05) is 12.7 Å². The van der Waals surface area contributed by atoms with Crippen molar-refractivity contribution in [3.63, 3.8) is 0 Å². The predicted molar refractivity (Wildman–Crippen MR) is 75.5 cm³/mol. The third-order valence-electron chi connectivity index (χ3n) is 3.80. The number of rotatable bonds is 7. The summed E-state index contributed by atoms with van der Waals surface area (Å²) in [5, 5.41) is 8.16. The normalized spacial score (nSPS) is 16.8. The average molecular weight is 249 g/mol. The molecule has 0 aromatic carbocycles. The molecule has 0 saturated heterocycles. The summed E-state index contributed by atoms with van der Waals surface area (Å²) in [6.45, 7) is 6.58. The summed E-state index contributed by atoms with van der Waals surface area (Å²) in [5.74, 6) is 0.813. The molecule has 3 nitrogen and oxygen atoms in total. The highest BCUT2D eigenvalue weighted by molar-refractivity contribution is 4.99. The van der Waals surface area contributed by atoms with Gasteiger partial charge in [-0.05, 0) is 44.2 Å². The average Bonchev–Trinajstić information content (AvgIpc) is 2.98. The summed E-state index contributed by atoms with van der Waals surface area (Å²) in [7, 11) is 0. The van der Waals surface area contributed by atoms with Crippen LogP contribution < -0.4 is 5.32 Å². The Morgan fingerprint density at radius 3 is 2.89 bits per heavy atom. The van der Waals surface area contributed by atoms with E-state index in [-0.39, 0.29) is 0 Å². The summed E-state index contributed by atoms with van der Waals surface area (Å²) in [4.78, 5) is 0. The van der Waals surface area contributed by atoms with Crippen LogP contribution in [0.5, 0.6) is 0 Å². The van der Waals surface area contributed by atoms with Crippen molar-refractivity contribution in [2.45, 2.75) is 65.0 Å². The number of nitrogens with zero attached hydrogens (tertiary/aromatic N) is 2. The second kappa shape index (κ2) is 6.93. The minimum Gasteiger partial charge on any atom is -0.311 e. The van der Waals surface area contributed by atoms with Crippen molar-refractivity contribution in [3.8, 4) is 0 Å². The van der Waals surface area contributed by atoms with Gasteiger partial charge < -0.3 is 5.32 Å². The summed E-state index contributed by atoms with van der Waals surface area (Å²) in [6.07, 6.45) is 10.1. The molecule has 1 N–H and O–H groups in total. The van der Waals surface area contributed by atoms with Crippen molar-refractivity contribution in [1.29, 1.82) is 0 Å². The Balaban J connectivity index is 1.67. The molecule has 0 radical (unpaired) electrons. The van der Waals surface area contributed by atoms with E-state index in [9.17, 15) is 0 Å². The van der Waals surface area contributed by atoms with Crippen molar-refractivity contribution >= 4 is 0 Å². The Labute approximate surface area is 111 Å². The molecule has 1 saturated carbocycles. The quantitative estimate of drug-likeness (QED) is 0.749. The van der Waals surface area contributed by atoms with Gasteiger partial charge in [0.2, 0.25) is 0 Å². The molecular weight excluding hydrogens is 222 g/mol. The molecule has 0 bridgehead atoms. The lowest BCUT2D eigenvalue weighted by atomic mass is 10.1. The van der Waals surface area contributed by atoms with Crippen molar-refractivity contribution < 1.29 is 0 Å². The van der Waals surface area contributed by atoms with Gasteiger partial charge in [0.05, 0.1) is 11.7 Å². The zero-order valence-electron chi connectivity index (χ0n) is 11.9. The molecule has 1 aliphatic rings. The molecule has 1 aliphatic carbocycles. The van der Waals surface area contributed by atoms with Crippen LogP contribution in [0.1, 0.15) is 64.1 Å². The maximum atomic E-state index is 4.68. The van der Waals surface area contributed by atoms with E-state index in [2.05, 4.69) is 41.2 Å². The van der Waals surface area contributed by atoms with Crippen molar-refractivity contribution in [1.82, 2.24) is 15.1 Å². The van der Waals surface area contributed by atoms with Gasteiger partial charge in [-0.1, -0.05) is 26.7 Å². The first-order chi connectivity index (χ1) is 8.75. The third-order valence-corrected chi connectivity index (χ3v) is 3.80. The van der Waals surface area contributed by atoms with E-state index in [0.29, 0.717) is 6.04 Å². The van der Waals surface area contributed by atoms with Gasteiger partial charge in [-0.25, -0.2) is 0 Å². The van der Waals surface area contributed by atoms with Crippen LogP contribution in [0.4, 0.5) is 0 Å². The van der Waals surface area contributed by atoms with E-state index in [1.807, 2.05) is 0 Å². The highest BCUT2D eigenvalue weighted by Crippen LogP contribution is 2.28. The molecular formula is C15H27N3. The molecule has 2 rings (SSSR count). The highest BCUT2D eigenvalue weighted by atomic mass is 15.3. The fourth-order valence-electron chi connectivity index (χ4n) is 2.70. The first kappa shape index (κ1) is 13.6. The van der Waals surface area contributed by atoms with Crippen LogP contribution in [0, 0.1) is 5.92 Å². The van der Waals surface area contributed by atoms with Crippen LogP contribution in [0.3, 0.4) is 0 Å². The molecule has 0 atom stereocenters. The lowest BCUT2D eigenvalue weighted by Crippen LogP contribution is -2.16. The molecule has 3 heteroatoms. The number of hydrogen-bond donors (Lipinski definition) is 1. The molecule has 1 aromatic rings. The minimum absolute atomic E-state index is 0.666. The van der Waals surface area contributed by atoms with E-state index in [4.69, 9.17) is 0 Å². The predicted octanol–water partition coefficient (Wildman–Crippen LogP) is 3.52. The molecule has 0 spiro atoms. The lowest BCUT2D eigenvalue weighted by Gasteiger charge is -2.09. The zero-order chi connectivity index (χ0) is 12.8. The van der Waals surface area contributed by atoms with E-state index in [1.165, 1.54) is 44.2 Å². The Hall–Kier alpha value is -0.830. The highest BCUT2D eigenvalue weighted by Gasteiger charge is 2.17. The molecule has 102 valence electrons. The van der Waals surface area contributed by atoms with Gasteiger partial charge in [0.1, 0.15) is 0 Å². The second-order valence-corrected chi connectivity index (χ2v) is 5.94. The Morgan fingerprint density at radius 1 is 1.39 bits per heavy atom. The maximum Gasteiger partial charge on any atom is 0.0762 e. The van der Waals surface area contributed by atoms with Crippen molar-refractivity contribution in [2.75, 3.05) is 6.54 Å². The molecule has 1 fully saturated rings. The van der Waals surface area contributed by atoms with Gasteiger partial charge in [0.25, 0.3) is 0 Å². The molecule has 1 aromatic heterocycles. The number of hydrogen-bond acceptors (Lipinski definition) is 2. The molecule has 0 unspecified atom stereocenters. The zero-order valence-corrected chi connectivity index (χ0v) is 11.9. The number of aromatic nitrogens is 2. The number of nitrogens with one attached hydrogen (secondary N) is 1. The van der Waals surface area contributed by atoms with E-state index < -0.39 is 0 Å². The Bertz CT molecular complexity index is 337. The van der Waals surface area contributed by atoms with Gasteiger partial charge in [-0.3, -0.25) is 4.68 Å². The fourth-order valence-corrected chi connectivity index (χ4v) is 2.70. The van der Waals surface area contributed by atoms with Crippen LogP contribution in [0.15, 0.2) is 12.3 Å². The molecule has 18 heavy (non-hydrogen) atoms. The monoisotopic (exact) mass is 249 g/mol. The fraction of sp³-hybridized carbons (Fsp3) is 0.800. The van der Waals surface area contributed by atoms with Crippen LogP contribution in [0.2, 0.25) is 0 Å². The van der Waals surface area contributed by atoms with Crippen molar-refractivity contribution in [3.05, 3.63) is 18.0 Å². The SMILES string of the molecule is CC(C)CCCNCc1ccn(C2CCCC2)n1. The van der Waals surface area contributed by atoms with E-state index in [1.54, 1.807) is 0 Å². The maximum absolute atomic E-state index is 4.68. The topological polar surface area (TPSA) is 29.9 Å². The minimum atomic E-state index is 0.666. The van der Waals surface area contributed by atoms with Gasteiger partial charge in [-0.15, -0.1) is 0 Å². The van der Waals surface area contributed by atoms with Gasteiger partial charge >= 0.3 is 0 Å². The third kappa shape index (κ3) is 4.13. The summed E-state index contributed by atoms with van der Waals surface area (Å²) < 4.78 is 2.18. The molecule has 1 heterocycles. The van der Waals surface area contributed by atoms with E-state index >= 15 is 0 Å². The lowest BCUT2D eigenvalue weighted by molar-refractivity contribution is 0.459. The molecule has 0 amide bonds. The van der Waals surface area contributed by atoms with E-state index in [0.717, 1.165) is 19.0 Å². The smallest absolute Gasteiger partial charge is 0.0762 e. The van der Waals surface area contributed by atoms with Crippen LogP contribution in [0.25, 0.3) is 0 Å². The first-order valence-electron chi connectivity index (χ1n) is 7.50. The summed E-state index contributed by atoms with van der Waals surface area (Å²) in [5.41, 5.74) is 1.19. The standard InChI is InChI=1S/C15H27N3/c1-13(2)6-5-10-16-12-14-9-11-18(17-14)15-7-3-4-8-15/h9,11,13,15-16H,3-8,10,12H2,1-2H3.